The molecule has 63 heavy (non-hydrogen) atoms. The molecule has 0 N–H and O–H groups in total. The first kappa shape index (κ1) is 30.7. The maximum absolute atomic E-state index is 8.94. The number of benzene rings is 12. The van der Waals surface area contributed by atoms with Crippen LogP contribution in [-0.4, -0.2) is 0 Å². The second-order valence-electron chi connectivity index (χ2n) is 16.3. The van der Waals surface area contributed by atoms with Gasteiger partial charge >= 0.3 is 0 Å². The monoisotopic (exact) mass is 803 g/mol. The zero-order chi connectivity index (χ0) is 45.8. The highest BCUT2D eigenvalue weighted by atomic mass is 16.3. The Labute approximate surface area is 371 Å². The zero-order valence-corrected chi connectivity index (χ0v) is 34.0. The van der Waals surface area contributed by atoms with Gasteiger partial charge in [-0.2, -0.15) is 0 Å². The fraction of sp³-hybridized carbons (Fsp3) is 0. The minimum Gasteiger partial charge on any atom is -0.456 e. The molecule has 0 aliphatic heterocycles. The number of fused-ring (bicyclic) bond motifs is 9. The van der Waals surface area contributed by atoms with Gasteiger partial charge in [-0.25, -0.2) is 0 Å². The van der Waals surface area contributed by atoms with E-state index in [1.807, 2.05) is 48.5 Å². The smallest absolute Gasteiger partial charge is 0.135 e. The van der Waals surface area contributed by atoms with E-state index in [0.717, 1.165) is 82.3 Å². The Morgan fingerprint density at radius 1 is 0.270 bits per heavy atom. The van der Waals surface area contributed by atoms with Crippen LogP contribution < -0.4 is 0 Å². The lowest BCUT2D eigenvalue weighted by molar-refractivity contribution is 0.669. The number of hydrogen-bond donors (Lipinski definition) is 0. The average molecular weight is 804 g/mol. The fourth-order valence-corrected chi connectivity index (χ4v) is 10.1. The van der Waals surface area contributed by atoms with Crippen molar-refractivity contribution in [2.45, 2.75) is 0 Å². The Kier molecular flexibility index (Phi) is 6.90. The highest BCUT2D eigenvalue weighted by molar-refractivity contribution is 6.22. The SMILES string of the molecule is [2H]c1c([2H])c([2H])c(-c2c3ccccc3c(-c3ccc(-c4cc5cc(-c6ccc(-c7ccc8oc9ccccc9c8c7)c7ccccc67)ccc5c5ccccc45)cc3)c3ccccc23)c([2H])c1[2H]. The quantitative estimate of drug-likeness (QED) is 0.125. The third-order valence-corrected chi connectivity index (χ3v) is 12.9. The molecule has 13 rings (SSSR count). The van der Waals surface area contributed by atoms with E-state index < -0.39 is 6.04 Å². The Morgan fingerprint density at radius 2 is 0.730 bits per heavy atom. The van der Waals surface area contributed by atoms with E-state index in [1.165, 1.54) is 38.1 Å². The van der Waals surface area contributed by atoms with Crippen LogP contribution in [0, 0.1) is 0 Å². The number of hydrogen-bond acceptors (Lipinski definition) is 1. The van der Waals surface area contributed by atoms with Gasteiger partial charge in [0.05, 0.1) is 6.85 Å². The zero-order valence-electron chi connectivity index (χ0n) is 39.0. The van der Waals surface area contributed by atoms with E-state index in [4.69, 9.17) is 11.3 Å². The van der Waals surface area contributed by atoms with Crippen molar-refractivity contribution in [3.8, 4) is 55.6 Å². The van der Waals surface area contributed by atoms with Crippen molar-refractivity contribution in [2.24, 2.45) is 0 Å². The maximum atomic E-state index is 8.94. The molecule has 0 saturated heterocycles. The molecular formula is C62H38O. The first-order valence-electron chi connectivity index (χ1n) is 23.8. The predicted octanol–water partition coefficient (Wildman–Crippen LogP) is 17.7. The lowest BCUT2D eigenvalue weighted by atomic mass is 9.85. The van der Waals surface area contributed by atoms with Gasteiger partial charge in [-0.05, 0) is 140 Å². The van der Waals surface area contributed by atoms with Crippen molar-refractivity contribution in [3.05, 3.63) is 230 Å². The molecule has 0 saturated carbocycles. The summed E-state index contributed by atoms with van der Waals surface area (Å²) in [4.78, 5) is 0. The van der Waals surface area contributed by atoms with Crippen molar-refractivity contribution in [2.75, 3.05) is 0 Å². The molecule has 0 unspecified atom stereocenters. The Balaban J connectivity index is 0.935. The van der Waals surface area contributed by atoms with Gasteiger partial charge in [0.25, 0.3) is 0 Å². The largest absolute Gasteiger partial charge is 0.456 e. The second-order valence-corrected chi connectivity index (χ2v) is 16.3. The molecule has 0 atom stereocenters. The van der Waals surface area contributed by atoms with Gasteiger partial charge in [0.2, 0.25) is 0 Å². The van der Waals surface area contributed by atoms with Gasteiger partial charge in [0.1, 0.15) is 11.2 Å². The van der Waals surface area contributed by atoms with E-state index in [0.29, 0.717) is 5.56 Å². The minimum absolute atomic E-state index is 0.208. The summed E-state index contributed by atoms with van der Waals surface area (Å²) in [6.07, 6.45) is 0. The van der Waals surface area contributed by atoms with Crippen molar-refractivity contribution >= 4 is 75.8 Å². The summed E-state index contributed by atoms with van der Waals surface area (Å²) < 4.78 is 49.3. The summed E-state index contributed by atoms with van der Waals surface area (Å²) in [5.41, 5.74) is 11.6. The number of rotatable bonds is 5. The van der Waals surface area contributed by atoms with Crippen LogP contribution in [0.3, 0.4) is 0 Å². The Hall–Kier alpha value is -8.26. The molecule has 0 aliphatic carbocycles. The van der Waals surface area contributed by atoms with Crippen molar-refractivity contribution in [1.82, 2.24) is 0 Å². The van der Waals surface area contributed by atoms with Crippen LogP contribution in [0.5, 0.6) is 0 Å². The maximum Gasteiger partial charge on any atom is 0.135 e. The summed E-state index contributed by atoms with van der Waals surface area (Å²) in [5, 5.41) is 12.9. The minimum atomic E-state index is -0.401. The summed E-state index contributed by atoms with van der Waals surface area (Å²) in [6, 6.07) is 69.1. The predicted molar refractivity (Wildman–Crippen MR) is 268 cm³/mol. The van der Waals surface area contributed by atoms with Crippen LogP contribution >= 0.6 is 0 Å². The lowest BCUT2D eigenvalue weighted by Gasteiger charge is -2.18. The summed E-state index contributed by atoms with van der Waals surface area (Å²) in [5.74, 6) is 0. The van der Waals surface area contributed by atoms with E-state index in [9.17, 15) is 0 Å². The first-order chi connectivity index (χ1) is 33.3. The van der Waals surface area contributed by atoms with Crippen LogP contribution in [0.25, 0.3) is 131 Å². The van der Waals surface area contributed by atoms with Crippen molar-refractivity contribution < 1.29 is 11.3 Å². The number of para-hydroxylation sites is 1. The second kappa shape index (κ2) is 14.2. The van der Waals surface area contributed by atoms with Crippen LogP contribution in [0.1, 0.15) is 6.85 Å². The highest BCUT2D eigenvalue weighted by Gasteiger charge is 2.18. The van der Waals surface area contributed by atoms with Crippen LogP contribution in [0.4, 0.5) is 0 Å². The molecule has 0 spiro atoms. The standard InChI is InChI=1S/C62H38O/c1-2-14-40(15-3-1)61-53-21-8-10-23-55(53)62(56-24-11-9-22-54(56)61)41-28-26-39(27-29-41)57-38-44-36-42(30-32-47(44)50-18-6-7-19-51(50)57)45-33-34-46(49-17-5-4-16-48(45)49)43-31-35-60-58(37-43)52-20-12-13-25-59(52)63-60/h1-38H/i1D,2D,3D,14D,15D. The molecule has 1 heterocycles. The summed E-state index contributed by atoms with van der Waals surface area (Å²) >= 11 is 0. The van der Waals surface area contributed by atoms with Gasteiger partial charge in [-0.15, -0.1) is 0 Å². The van der Waals surface area contributed by atoms with Crippen molar-refractivity contribution in [3.63, 3.8) is 0 Å². The van der Waals surface area contributed by atoms with Gasteiger partial charge in [0, 0.05) is 10.8 Å². The van der Waals surface area contributed by atoms with Gasteiger partial charge < -0.3 is 4.42 Å². The van der Waals surface area contributed by atoms with Gasteiger partial charge in [-0.3, -0.25) is 0 Å². The molecule has 0 amide bonds. The molecule has 0 radical (unpaired) electrons. The Bertz CT molecular complexity index is 4180. The third kappa shape index (κ3) is 5.64. The normalized spacial score (nSPS) is 12.9. The molecule has 1 aromatic heterocycles. The van der Waals surface area contributed by atoms with E-state index in [1.54, 1.807) is 0 Å². The van der Waals surface area contributed by atoms with Crippen LogP contribution in [0.15, 0.2) is 235 Å². The Morgan fingerprint density at radius 3 is 1.37 bits per heavy atom. The van der Waals surface area contributed by atoms with Gasteiger partial charge in [0.15, 0.2) is 0 Å². The molecule has 0 fully saturated rings. The van der Waals surface area contributed by atoms with E-state index in [2.05, 4.69) is 152 Å². The summed E-state index contributed by atoms with van der Waals surface area (Å²) in [7, 11) is 0. The average Bonchev–Trinajstić information content (AvgIpc) is 3.77. The van der Waals surface area contributed by atoms with Crippen LogP contribution in [-0.2, 0) is 0 Å². The lowest BCUT2D eigenvalue weighted by Crippen LogP contribution is -1.91. The molecule has 1 nitrogen and oxygen atoms in total. The summed E-state index contributed by atoms with van der Waals surface area (Å²) in [6.45, 7) is 0. The topological polar surface area (TPSA) is 13.1 Å². The molecule has 1 heteroatoms. The van der Waals surface area contributed by atoms with E-state index in [-0.39, 0.29) is 29.7 Å². The fourth-order valence-electron chi connectivity index (χ4n) is 10.1. The molecular weight excluding hydrogens is 761 g/mol. The molecule has 13 aromatic rings. The first-order valence-corrected chi connectivity index (χ1v) is 21.3. The molecule has 0 aliphatic rings. The molecule has 12 aromatic carbocycles. The third-order valence-electron chi connectivity index (χ3n) is 12.9. The molecule has 0 bridgehead atoms. The van der Waals surface area contributed by atoms with Crippen LogP contribution in [0.2, 0.25) is 0 Å². The van der Waals surface area contributed by atoms with Crippen molar-refractivity contribution in [1.29, 1.82) is 0 Å². The van der Waals surface area contributed by atoms with Gasteiger partial charge in [-0.1, -0.05) is 200 Å². The highest BCUT2D eigenvalue weighted by Crippen LogP contribution is 2.45. The molecule has 292 valence electrons. The number of furan rings is 1. The van der Waals surface area contributed by atoms with E-state index >= 15 is 0 Å².